The van der Waals surface area contributed by atoms with Gasteiger partial charge in [-0.05, 0) is 55.2 Å². The first kappa shape index (κ1) is 24.4. The fraction of sp³-hybridized carbons (Fsp3) is 0.360. The molecule has 1 aliphatic carbocycles. The Bertz CT molecular complexity index is 1200. The first-order valence-electron chi connectivity index (χ1n) is 11.4. The zero-order valence-electron chi connectivity index (χ0n) is 19.0. The van der Waals surface area contributed by atoms with Gasteiger partial charge in [-0.15, -0.1) is 5.10 Å². The Labute approximate surface area is 200 Å². The van der Waals surface area contributed by atoms with Crippen molar-refractivity contribution < 1.29 is 27.9 Å². The number of alkyl halides is 3. The maximum absolute atomic E-state index is 13.4. The van der Waals surface area contributed by atoms with Crippen LogP contribution in [0.1, 0.15) is 87.8 Å². The van der Waals surface area contributed by atoms with Gasteiger partial charge in [0.05, 0.1) is 29.4 Å². The number of hydrogen-bond acceptors (Lipinski definition) is 4. The Morgan fingerprint density at radius 1 is 1.09 bits per heavy atom. The summed E-state index contributed by atoms with van der Waals surface area (Å²) in [5, 5.41) is 20.5. The number of carbonyl (C=O) groups excluding carboxylic acids is 1. The van der Waals surface area contributed by atoms with Crippen molar-refractivity contribution in [2.75, 3.05) is 0 Å². The van der Waals surface area contributed by atoms with E-state index in [-0.39, 0.29) is 18.0 Å². The van der Waals surface area contributed by atoms with E-state index in [9.17, 15) is 22.8 Å². The molecule has 4 rings (SSSR count). The van der Waals surface area contributed by atoms with Crippen LogP contribution in [0.5, 0.6) is 0 Å². The van der Waals surface area contributed by atoms with E-state index in [2.05, 4.69) is 15.6 Å². The molecule has 7 nitrogen and oxygen atoms in total. The van der Waals surface area contributed by atoms with Crippen molar-refractivity contribution in [2.24, 2.45) is 0 Å². The molecule has 3 aromatic rings. The summed E-state index contributed by atoms with van der Waals surface area (Å²) in [6, 6.07) is 10.6. The molecule has 0 aliphatic heterocycles. The van der Waals surface area contributed by atoms with Gasteiger partial charge in [-0.3, -0.25) is 4.79 Å². The first-order valence-corrected chi connectivity index (χ1v) is 11.4. The lowest BCUT2D eigenvalue weighted by Crippen LogP contribution is -2.30. The third-order valence-corrected chi connectivity index (χ3v) is 6.34. The van der Waals surface area contributed by atoms with Gasteiger partial charge in [0.15, 0.2) is 0 Å². The van der Waals surface area contributed by atoms with Crippen molar-refractivity contribution in [3.05, 3.63) is 82.2 Å². The third kappa shape index (κ3) is 5.52. The number of nitrogens with one attached hydrogen (secondary N) is 1. The molecule has 1 aliphatic rings. The molecule has 1 atom stereocenters. The molecular weight excluding hydrogens is 461 g/mol. The summed E-state index contributed by atoms with van der Waals surface area (Å²) in [7, 11) is 0. The van der Waals surface area contributed by atoms with Crippen molar-refractivity contribution in [2.45, 2.75) is 57.3 Å². The third-order valence-electron chi connectivity index (χ3n) is 6.34. The summed E-state index contributed by atoms with van der Waals surface area (Å²) >= 11 is 0. The number of carboxylic acids is 1. The summed E-state index contributed by atoms with van der Waals surface area (Å²) in [5.41, 5.74) is 1.59. The van der Waals surface area contributed by atoms with Crippen LogP contribution < -0.4 is 5.32 Å². The van der Waals surface area contributed by atoms with Gasteiger partial charge >= 0.3 is 12.1 Å². The molecule has 0 saturated heterocycles. The summed E-state index contributed by atoms with van der Waals surface area (Å²) in [6.07, 6.45) is -0.574. The highest BCUT2D eigenvalue weighted by Crippen LogP contribution is 2.35. The molecule has 0 radical (unpaired) electrons. The van der Waals surface area contributed by atoms with Crippen LogP contribution in [0.15, 0.2) is 48.5 Å². The van der Waals surface area contributed by atoms with Crippen molar-refractivity contribution in [1.29, 1.82) is 0 Å². The van der Waals surface area contributed by atoms with E-state index in [1.54, 1.807) is 19.1 Å². The van der Waals surface area contributed by atoms with E-state index in [0.29, 0.717) is 17.0 Å². The van der Waals surface area contributed by atoms with E-state index < -0.39 is 29.7 Å². The van der Waals surface area contributed by atoms with Gasteiger partial charge in [0.1, 0.15) is 5.69 Å². The molecule has 35 heavy (non-hydrogen) atoms. The van der Waals surface area contributed by atoms with Gasteiger partial charge in [0.2, 0.25) is 0 Å². The lowest BCUT2D eigenvalue weighted by Gasteiger charge is -2.17. The van der Waals surface area contributed by atoms with E-state index in [1.807, 2.05) is 0 Å². The molecule has 2 aromatic carbocycles. The standard InChI is InChI=1S/C25H25F3N4O3/c1-15(17-8-10-19(11-9-17)24(34)35)29-23(33)22-21(18-4-2-3-5-18)30-31-32(22)14-16-6-12-20(13-7-16)25(26,27)28/h6-13,15,18H,2-5,14H2,1H3,(H,29,33)(H,34,35)/t15-/m0/s1. The number of aromatic carboxylic acids is 1. The SMILES string of the molecule is C[C@H](NC(=O)c1c(C2CCCC2)nnn1Cc1ccc(C(F)(F)F)cc1)c1ccc(C(=O)O)cc1. The van der Waals surface area contributed by atoms with Crippen molar-refractivity contribution in [1.82, 2.24) is 20.3 Å². The minimum Gasteiger partial charge on any atom is -0.478 e. The highest BCUT2D eigenvalue weighted by atomic mass is 19.4. The first-order chi connectivity index (χ1) is 16.6. The Morgan fingerprint density at radius 3 is 2.29 bits per heavy atom. The molecule has 1 fully saturated rings. The number of nitrogens with zero attached hydrogens (tertiary/aromatic N) is 3. The average Bonchev–Trinajstić information content (AvgIpc) is 3.49. The summed E-state index contributed by atoms with van der Waals surface area (Å²) < 4.78 is 40.2. The lowest BCUT2D eigenvalue weighted by molar-refractivity contribution is -0.137. The fourth-order valence-electron chi connectivity index (χ4n) is 4.38. The molecule has 1 amide bonds. The van der Waals surface area contributed by atoms with E-state index >= 15 is 0 Å². The Kier molecular flexibility index (Phi) is 6.90. The number of halogens is 3. The van der Waals surface area contributed by atoms with Gasteiger partial charge in [-0.2, -0.15) is 13.2 Å². The number of hydrogen-bond donors (Lipinski definition) is 2. The highest BCUT2D eigenvalue weighted by molar-refractivity contribution is 5.94. The van der Waals surface area contributed by atoms with Crippen LogP contribution in [-0.2, 0) is 12.7 Å². The number of benzene rings is 2. The van der Waals surface area contributed by atoms with Crippen molar-refractivity contribution >= 4 is 11.9 Å². The van der Waals surface area contributed by atoms with Gasteiger partial charge in [-0.1, -0.05) is 42.3 Å². The van der Waals surface area contributed by atoms with E-state index in [1.165, 1.54) is 28.9 Å². The van der Waals surface area contributed by atoms with Crippen LogP contribution in [0.4, 0.5) is 13.2 Å². The monoisotopic (exact) mass is 486 g/mol. The van der Waals surface area contributed by atoms with Gasteiger partial charge < -0.3 is 10.4 Å². The number of rotatable bonds is 7. The topological polar surface area (TPSA) is 97.1 Å². The Balaban J connectivity index is 1.58. The van der Waals surface area contributed by atoms with Gasteiger partial charge in [-0.25, -0.2) is 9.48 Å². The zero-order valence-corrected chi connectivity index (χ0v) is 19.0. The van der Waals surface area contributed by atoms with Crippen LogP contribution in [0.25, 0.3) is 0 Å². The van der Waals surface area contributed by atoms with Gasteiger partial charge in [0, 0.05) is 5.92 Å². The number of carbonyl (C=O) groups is 2. The molecular formula is C25H25F3N4O3. The fourth-order valence-corrected chi connectivity index (χ4v) is 4.38. The van der Waals surface area contributed by atoms with Crippen LogP contribution in [-0.4, -0.2) is 32.0 Å². The molecule has 10 heteroatoms. The van der Waals surface area contributed by atoms with Crippen LogP contribution in [0.2, 0.25) is 0 Å². The lowest BCUT2D eigenvalue weighted by atomic mass is 10.0. The summed E-state index contributed by atoms with van der Waals surface area (Å²) in [4.78, 5) is 24.5. The van der Waals surface area contributed by atoms with E-state index in [4.69, 9.17) is 5.11 Å². The molecule has 0 spiro atoms. The molecule has 0 unspecified atom stereocenters. The molecule has 1 aromatic heterocycles. The van der Waals surface area contributed by atoms with Gasteiger partial charge in [0.25, 0.3) is 5.91 Å². The Hall–Kier alpha value is -3.69. The second-order valence-electron chi connectivity index (χ2n) is 8.78. The molecule has 184 valence electrons. The van der Waals surface area contributed by atoms with E-state index in [0.717, 1.165) is 43.4 Å². The average molecular weight is 486 g/mol. The minimum atomic E-state index is -4.43. The zero-order chi connectivity index (χ0) is 25.2. The Morgan fingerprint density at radius 2 is 1.71 bits per heavy atom. The smallest absolute Gasteiger partial charge is 0.416 e. The van der Waals surface area contributed by atoms with Crippen LogP contribution in [0, 0.1) is 0 Å². The van der Waals surface area contributed by atoms with Crippen molar-refractivity contribution in [3.63, 3.8) is 0 Å². The quantitative estimate of drug-likeness (QED) is 0.479. The van der Waals surface area contributed by atoms with Crippen molar-refractivity contribution in [3.8, 4) is 0 Å². The molecule has 2 N–H and O–H groups in total. The minimum absolute atomic E-state index is 0.0993. The second kappa shape index (κ2) is 9.89. The molecule has 0 bridgehead atoms. The number of amides is 1. The van der Waals surface area contributed by atoms with Crippen LogP contribution in [0.3, 0.4) is 0 Å². The maximum atomic E-state index is 13.4. The summed E-state index contributed by atoms with van der Waals surface area (Å²) in [5.74, 6) is -1.33. The van der Waals surface area contributed by atoms with Crippen LogP contribution >= 0.6 is 0 Å². The number of aromatic nitrogens is 3. The largest absolute Gasteiger partial charge is 0.478 e. The summed E-state index contributed by atoms with van der Waals surface area (Å²) in [6.45, 7) is 1.88. The highest BCUT2D eigenvalue weighted by Gasteiger charge is 2.31. The second-order valence-corrected chi connectivity index (χ2v) is 8.78. The molecule has 1 saturated carbocycles. The predicted octanol–water partition coefficient (Wildman–Crippen LogP) is 5.19. The normalized spacial score (nSPS) is 15.2. The number of carboxylic acid groups (broad SMARTS) is 1. The maximum Gasteiger partial charge on any atom is 0.416 e. The predicted molar refractivity (Wildman–Crippen MR) is 121 cm³/mol. The molecule has 1 heterocycles.